The van der Waals surface area contributed by atoms with Gasteiger partial charge in [-0.2, -0.15) is 0 Å². The van der Waals surface area contributed by atoms with E-state index in [0.717, 1.165) is 9.32 Å². The zero-order valence-electron chi connectivity index (χ0n) is 8.98. The van der Waals surface area contributed by atoms with Crippen molar-refractivity contribution in [3.63, 3.8) is 0 Å². The van der Waals surface area contributed by atoms with Gasteiger partial charge in [0.05, 0.1) is 0 Å². The highest BCUT2D eigenvalue weighted by Gasteiger charge is 2.14. The molecule has 0 bridgehead atoms. The summed E-state index contributed by atoms with van der Waals surface area (Å²) in [4.78, 5) is 0. The SMILES string of the molecule is Cc1nnc(C(C)Oc2cccc(I)c2)o1. The molecule has 1 unspecified atom stereocenters. The monoisotopic (exact) mass is 330 g/mol. The molecule has 0 aliphatic heterocycles. The number of nitrogens with zero attached hydrogens (tertiary/aromatic N) is 2. The zero-order valence-corrected chi connectivity index (χ0v) is 11.1. The summed E-state index contributed by atoms with van der Waals surface area (Å²) in [6, 6.07) is 7.82. The molecule has 1 heterocycles. The summed E-state index contributed by atoms with van der Waals surface area (Å²) >= 11 is 2.24. The van der Waals surface area contributed by atoms with Crippen LogP contribution in [-0.4, -0.2) is 10.2 Å². The van der Waals surface area contributed by atoms with Gasteiger partial charge in [-0.1, -0.05) is 6.07 Å². The van der Waals surface area contributed by atoms with Crippen molar-refractivity contribution in [2.45, 2.75) is 20.0 Å². The molecule has 0 spiro atoms. The van der Waals surface area contributed by atoms with Crippen LogP contribution in [0.5, 0.6) is 5.75 Å². The summed E-state index contributed by atoms with van der Waals surface area (Å²) in [5.41, 5.74) is 0. The van der Waals surface area contributed by atoms with Crippen molar-refractivity contribution in [2.75, 3.05) is 0 Å². The number of hydrogen-bond donors (Lipinski definition) is 0. The maximum absolute atomic E-state index is 5.69. The highest BCUT2D eigenvalue weighted by Crippen LogP contribution is 2.22. The van der Waals surface area contributed by atoms with E-state index in [9.17, 15) is 0 Å². The molecule has 1 atom stereocenters. The van der Waals surface area contributed by atoms with Crippen LogP contribution in [0.3, 0.4) is 0 Å². The van der Waals surface area contributed by atoms with E-state index in [4.69, 9.17) is 9.15 Å². The molecule has 0 radical (unpaired) electrons. The standard InChI is InChI=1S/C11H11IN2O2/c1-7(11-14-13-8(2)16-11)15-10-5-3-4-9(12)6-10/h3-7H,1-2H3. The average Bonchev–Trinajstić information content (AvgIpc) is 2.65. The Morgan fingerprint density at radius 1 is 1.38 bits per heavy atom. The molecule has 2 aromatic rings. The number of aryl methyl sites for hydroxylation is 1. The Hall–Kier alpha value is -1.11. The second-order valence-corrected chi connectivity index (χ2v) is 4.62. The largest absolute Gasteiger partial charge is 0.481 e. The molecular weight excluding hydrogens is 319 g/mol. The molecule has 1 aromatic carbocycles. The third-order valence-corrected chi connectivity index (χ3v) is 2.67. The average molecular weight is 330 g/mol. The van der Waals surface area contributed by atoms with Crippen molar-refractivity contribution in [3.05, 3.63) is 39.6 Å². The van der Waals surface area contributed by atoms with Crippen LogP contribution in [0.4, 0.5) is 0 Å². The van der Waals surface area contributed by atoms with Gasteiger partial charge < -0.3 is 9.15 Å². The normalized spacial score (nSPS) is 12.4. The van der Waals surface area contributed by atoms with Crippen molar-refractivity contribution in [1.29, 1.82) is 0 Å². The number of ether oxygens (including phenoxy) is 1. The molecule has 2 rings (SSSR count). The molecule has 1 aromatic heterocycles. The first-order chi connectivity index (χ1) is 7.65. The lowest BCUT2D eigenvalue weighted by atomic mass is 10.3. The molecule has 16 heavy (non-hydrogen) atoms. The quantitative estimate of drug-likeness (QED) is 0.812. The molecular formula is C11H11IN2O2. The Labute approximate surface area is 107 Å². The topological polar surface area (TPSA) is 48.2 Å². The molecule has 0 amide bonds. The summed E-state index contributed by atoms with van der Waals surface area (Å²) in [5.74, 6) is 1.85. The molecule has 0 saturated heterocycles. The van der Waals surface area contributed by atoms with Crippen LogP contribution < -0.4 is 4.74 Å². The van der Waals surface area contributed by atoms with E-state index in [1.54, 1.807) is 6.92 Å². The Kier molecular flexibility index (Phi) is 3.42. The highest BCUT2D eigenvalue weighted by atomic mass is 127. The Bertz CT molecular complexity index is 484. The van der Waals surface area contributed by atoms with E-state index in [2.05, 4.69) is 32.8 Å². The predicted octanol–water partition coefficient (Wildman–Crippen LogP) is 3.12. The lowest BCUT2D eigenvalue weighted by Gasteiger charge is -2.10. The molecule has 4 nitrogen and oxygen atoms in total. The smallest absolute Gasteiger partial charge is 0.256 e. The maximum Gasteiger partial charge on any atom is 0.256 e. The van der Waals surface area contributed by atoms with Gasteiger partial charge in [-0.25, -0.2) is 0 Å². The minimum atomic E-state index is -0.237. The van der Waals surface area contributed by atoms with Gasteiger partial charge in [0, 0.05) is 10.5 Å². The molecule has 0 N–H and O–H groups in total. The van der Waals surface area contributed by atoms with E-state index in [1.165, 1.54) is 0 Å². The molecule has 5 heteroatoms. The molecule has 0 fully saturated rings. The number of hydrogen-bond acceptors (Lipinski definition) is 4. The first-order valence-electron chi connectivity index (χ1n) is 4.87. The number of halogens is 1. The summed E-state index contributed by atoms with van der Waals surface area (Å²) in [6.07, 6.45) is -0.237. The summed E-state index contributed by atoms with van der Waals surface area (Å²) in [7, 11) is 0. The third kappa shape index (κ3) is 2.72. The second-order valence-electron chi connectivity index (χ2n) is 3.38. The first kappa shape index (κ1) is 11.4. The number of rotatable bonds is 3. The summed E-state index contributed by atoms with van der Waals surface area (Å²) in [6.45, 7) is 3.64. The summed E-state index contributed by atoms with van der Waals surface area (Å²) < 4.78 is 12.1. The van der Waals surface area contributed by atoms with Gasteiger partial charge in [0.15, 0.2) is 6.10 Å². The minimum Gasteiger partial charge on any atom is -0.481 e. The lowest BCUT2D eigenvalue weighted by molar-refractivity contribution is 0.187. The molecule has 0 aliphatic carbocycles. The minimum absolute atomic E-state index is 0.237. The van der Waals surface area contributed by atoms with Crippen LogP contribution >= 0.6 is 22.6 Å². The second kappa shape index (κ2) is 4.82. The van der Waals surface area contributed by atoms with E-state index in [1.807, 2.05) is 31.2 Å². The van der Waals surface area contributed by atoms with Crippen LogP contribution in [0.15, 0.2) is 28.7 Å². The Balaban J connectivity index is 2.10. The van der Waals surface area contributed by atoms with Gasteiger partial charge in [0.2, 0.25) is 5.89 Å². The van der Waals surface area contributed by atoms with Gasteiger partial charge in [-0.15, -0.1) is 10.2 Å². The fraction of sp³-hybridized carbons (Fsp3) is 0.273. The van der Waals surface area contributed by atoms with Crippen molar-refractivity contribution in [3.8, 4) is 5.75 Å². The van der Waals surface area contributed by atoms with E-state index < -0.39 is 0 Å². The lowest BCUT2D eigenvalue weighted by Crippen LogP contribution is -2.03. The van der Waals surface area contributed by atoms with Gasteiger partial charge >= 0.3 is 0 Å². The molecule has 0 aliphatic rings. The Morgan fingerprint density at radius 2 is 2.19 bits per heavy atom. The number of aromatic nitrogens is 2. The molecule has 0 saturated carbocycles. The van der Waals surface area contributed by atoms with Gasteiger partial charge in [-0.05, 0) is 47.7 Å². The van der Waals surface area contributed by atoms with Gasteiger partial charge in [-0.3, -0.25) is 0 Å². The van der Waals surface area contributed by atoms with Gasteiger partial charge in [0.1, 0.15) is 5.75 Å². The van der Waals surface area contributed by atoms with Crippen LogP contribution in [0, 0.1) is 10.5 Å². The van der Waals surface area contributed by atoms with Crippen LogP contribution in [0.25, 0.3) is 0 Å². The van der Waals surface area contributed by atoms with Crippen LogP contribution in [0.2, 0.25) is 0 Å². The van der Waals surface area contributed by atoms with Crippen molar-refractivity contribution >= 4 is 22.6 Å². The van der Waals surface area contributed by atoms with Crippen molar-refractivity contribution in [1.82, 2.24) is 10.2 Å². The van der Waals surface area contributed by atoms with Crippen LogP contribution in [0.1, 0.15) is 24.8 Å². The van der Waals surface area contributed by atoms with E-state index >= 15 is 0 Å². The predicted molar refractivity (Wildman–Crippen MR) is 67.2 cm³/mol. The van der Waals surface area contributed by atoms with E-state index in [-0.39, 0.29) is 6.10 Å². The highest BCUT2D eigenvalue weighted by molar-refractivity contribution is 14.1. The Morgan fingerprint density at radius 3 is 2.81 bits per heavy atom. The first-order valence-corrected chi connectivity index (χ1v) is 5.95. The fourth-order valence-corrected chi connectivity index (χ4v) is 1.79. The summed E-state index contributed by atoms with van der Waals surface area (Å²) in [5, 5.41) is 7.69. The van der Waals surface area contributed by atoms with Crippen LogP contribution in [-0.2, 0) is 0 Å². The zero-order chi connectivity index (χ0) is 11.5. The van der Waals surface area contributed by atoms with Crippen molar-refractivity contribution in [2.24, 2.45) is 0 Å². The van der Waals surface area contributed by atoms with Crippen molar-refractivity contribution < 1.29 is 9.15 Å². The molecule has 84 valence electrons. The maximum atomic E-state index is 5.69. The number of benzene rings is 1. The van der Waals surface area contributed by atoms with Gasteiger partial charge in [0.25, 0.3) is 5.89 Å². The van der Waals surface area contributed by atoms with E-state index in [0.29, 0.717) is 11.8 Å². The third-order valence-electron chi connectivity index (χ3n) is 2.00. The fourth-order valence-electron chi connectivity index (χ4n) is 1.27.